The van der Waals surface area contributed by atoms with Crippen molar-refractivity contribution in [1.82, 2.24) is 14.7 Å². The summed E-state index contributed by atoms with van der Waals surface area (Å²) in [7, 11) is 3.94. The zero-order chi connectivity index (χ0) is 12.5. The van der Waals surface area contributed by atoms with Crippen molar-refractivity contribution in [1.29, 1.82) is 0 Å². The lowest BCUT2D eigenvalue weighted by atomic mass is 10.0. The molecule has 5 nitrogen and oxygen atoms in total. The molecule has 1 N–H and O–H groups in total. The van der Waals surface area contributed by atoms with Crippen molar-refractivity contribution >= 4 is 5.97 Å². The molecule has 0 radical (unpaired) electrons. The minimum absolute atomic E-state index is 0.0305. The summed E-state index contributed by atoms with van der Waals surface area (Å²) < 4.78 is 1.79. The Kier molecular flexibility index (Phi) is 3.19. The van der Waals surface area contributed by atoms with Crippen molar-refractivity contribution < 1.29 is 9.90 Å². The predicted octanol–water partition coefficient (Wildman–Crippen LogP) is 1.11. The number of aromatic nitrogens is 2. The second-order valence-corrected chi connectivity index (χ2v) is 5.27. The number of rotatable bonds is 6. The number of nitrogens with zero attached hydrogens (tertiary/aromatic N) is 3. The van der Waals surface area contributed by atoms with E-state index in [9.17, 15) is 4.79 Å². The van der Waals surface area contributed by atoms with Gasteiger partial charge in [0.15, 0.2) is 0 Å². The lowest BCUT2D eigenvalue weighted by molar-refractivity contribution is -0.138. The van der Waals surface area contributed by atoms with E-state index < -0.39 is 5.97 Å². The zero-order valence-corrected chi connectivity index (χ0v) is 10.4. The first-order valence-corrected chi connectivity index (χ1v) is 5.87. The van der Waals surface area contributed by atoms with Crippen LogP contribution in [0.4, 0.5) is 0 Å². The standard InChI is InChI=1S/C12H19N3O2/c1-14(7-10-6-13-15(2)8-10)9-12(3-4-12)5-11(16)17/h6,8H,3-5,7,9H2,1-2H3,(H,16,17). The monoisotopic (exact) mass is 237 g/mol. The molecular weight excluding hydrogens is 218 g/mol. The molecule has 1 saturated carbocycles. The van der Waals surface area contributed by atoms with Crippen LogP contribution in [-0.4, -0.2) is 39.3 Å². The Morgan fingerprint density at radius 1 is 1.65 bits per heavy atom. The molecule has 0 saturated heterocycles. The van der Waals surface area contributed by atoms with E-state index in [4.69, 9.17) is 5.11 Å². The van der Waals surface area contributed by atoms with Crippen LogP contribution in [0.1, 0.15) is 24.8 Å². The highest BCUT2D eigenvalue weighted by Gasteiger charge is 2.44. The van der Waals surface area contributed by atoms with Gasteiger partial charge in [-0.1, -0.05) is 0 Å². The highest BCUT2D eigenvalue weighted by molar-refractivity contribution is 5.68. The van der Waals surface area contributed by atoms with Gasteiger partial charge in [-0.05, 0) is 25.3 Å². The lowest BCUT2D eigenvalue weighted by Gasteiger charge is -2.21. The number of hydrogen-bond acceptors (Lipinski definition) is 3. The molecule has 1 heterocycles. The topological polar surface area (TPSA) is 58.4 Å². The van der Waals surface area contributed by atoms with Crippen molar-refractivity contribution in [2.24, 2.45) is 12.5 Å². The summed E-state index contributed by atoms with van der Waals surface area (Å²) in [5.74, 6) is -0.683. The third-order valence-corrected chi connectivity index (χ3v) is 3.30. The van der Waals surface area contributed by atoms with E-state index in [1.54, 1.807) is 4.68 Å². The van der Waals surface area contributed by atoms with Gasteiger partial charge in [-0.25, -0.2) is 0 Å². The van der Waals surface area contributed by atoms with Crippen LogP contribution in [0.15, 0.2) is 12.4 Å². The summed E-state index contributed by atoms with van der Waals surface area (Å²) in [6, 6.07) is 0. The van der Waals surface area contributed by atoms with Gasteiger partial charge >= 0.3 is 5.97 Å². The molecule has 1 aromatic rings. The number of carbonyl (C=O) groups is 1. The number of aliphatic carboxylic acids is 1. The highest BCUT2D eigenvalue weighted by atomic mass is 16.4. The number of carboxylic acid groups (broad SMARTS) is 1. The average Bonchev–Trinajstić information content (AvgIpc) is 2.80. The first-order valence-electron chi connectivity index (χ1n) is 5.87. The molecule has 0 bridgehead atoms. The van der Waals surface area contributed by atoms with Gasteiger partial charge in [-0.15, -0.1) is 0 Å². The molecule has 2 rings (SSSR count). The zero-order valence-electron chi connectivity index (χ0n) is 10.4. The van der Waals surface area contributed by atoms with Crippen LogP contribution < -0.4 is 0 Å². The van der Waals surface area contributed by atoms with Gasteiger partial charge in [0.05, 0.1) is 12.6 Å². The maximum absolute atomic E-state index is 10.8. The predicted molar refractivity (Wildman–Crippen MR) is 63.5 cm³/mol. The van der Waals surface area contributed by atoms with Crippen LogP contribution in [-0.2, 0) is 18.4 Å². The quantitative estimate of drug-likeness (QED) is 0.805. The van der Waals surface area contributed by atoms with Gasteiger partial charge in [0, 0.05) is 31.9 Å². The van der Waals surface area contributed by atoms with Crippen LogP contribution in [0.25, 0.3) is 0 Å². The average molecular weight is 237 g/mol. The lowest BCUT2D eigenvalue weighted by Crippen LogP contribution is -2.27. The van der Waals surface area contributed by atoms with E-state index in [-0.39, 0.29) is 5.41 Å². The Morgan fingerprint density at radius 3 is 2.82 bits per heavy atom. The van der Waals surface area contributed by atoms with E-state index >= 15 is 0 Å². The molecule has 1 aromatic heterocycles. The first-order chi connectivity index (χ1) is 7.99. The van der Waals surface area contributed by atoms with Gasteiger partial charge in [-0.3, -0.25) is 9.48 Å². The van der Waals surface area contributed by atoms with Gasteiger partial charge in [0.1, 0.15) is 0 Å². The Balaban J connectivity index is 1.85. The third kappa shape index (κ3) is 3.30. The smallest absolute Gasteiger partial charge is 0.303 e. The van der Waals surface area contributed by atoms with E-state index in [2.05, 4.69) is 10.00 Å². The SMILES string of the molecule is CN(Cc1cnn(C)c1)CC1(CC(=O)O)CC1. The molecule has 1 fully saturated rings. The minimum Gasteiger partial charge on any atom is -0.481 e. The summed E-state index contributed by atoms with van der Waals surface area (Å²) in [4.78, 5) is 13.0. The molecule has 17 heavy (non-hydrogen) atoms. The van der Waals surface area contributed by atoms with Crippen molar-refractivity contribution in [2.75, 3.05) is 13.6 Å². The first kappa shape index (κ1) is 12.1. The maximum atomic E-state index is 10.8. The van der Waals surface area contributed by atoms with Crippen molar-refractivity contribution in [3.05, 3.63) is 18.0 Å². The van der Waals surface area contributed by atoms with Gasteiger partial charge in [0.2, 0.25) is 0 Å². The normalized spacial score (nSPS) is 17.4. The summed E-state index contributed by atoms with van der Waals surface area (Å²) in [5, 5.41) is 13.0. The van der Waals surface area contributed by atoms with Crippen LogP contribution in [0.5, 0.6) is 0 Å². The summed E-state index contributed by atoms with van der Waals surface area (Å²) in [6.07, 6.45) is 6.22. The highest BCUT2D eigenvalue weighted by Crippen LogP contribution is 2.49. The fourth-order valence-corrected chi connectivity index (χ4v) is 2.38. The summed E-state index contributed by atoms with van der Waals surface area (Å²) >= 11 is 0. The fourth-order valence-electron chi connectivity index (χ4n) is 2.38. The van der Waals surface area contributed by atoms with E-state index in [0.29, 0.717) is 6.42 Å². The van der Waals surface area contributed by atoms with E-state index in [1.165, 1.54) is 5.56 Å². The molecule has 0 aromatic carbocycles. The van der Waals surface area contributed by atoms with Crippen molar-refractivity contribution in [2.45, 2.75) is 25.8 Å². The van der Waals surface area contributed by atoms with E-state index in [1.807, 2.05) is 26.5 Å². The van der Waals surface area contributed by atoms with Crippen LogP contribution in [0, 0.1) is 5.41 Å². The molecule has 0 unspecified atom stereocenters. The molecule has 94 valence electrons. The fraction of sp³-hybridized carbons (Fsp3) is 0.667. The second kappa shape index (κ2) is 4.49. The molecule has 0 spiro atoms. The number of aryl methyl sites for hydroxylation is 1. The van der Waals surface area contributed by atoms with E-state index in [0.717, 1.165) is 25.9 Å². The Labute approximate surface area is 101 Å². The van der Waals surface area contributed by atoms with Gasteiger partial charge < -0.3 is 10.0 Å². The largest absolute Gasteiger partial charge is 0.481 e. The molecule has 0 amide bonds. The third-order valence-electron chi connectivity index (χ3n) is 3.30. The molecule has 1 aliphatic carbocycles. The molecule has 0 aliphatic heterocycles. The minimum atomic E-state index is -0.683. The number of hydrogen-bond donors (Lipinski definition) is 1. The Morgan fingerprint density at radius 2 is 2.35 bits per heavy atom. The summed E-state index contributed by atoms with van der Waals surface area (Å²) in [5.41, 5.74) is 1.20. The maximum Gasteiger partial charge on any atom is 0.303 e. The second-order valence-electron chi connectivity index (χ2n) is 5.27. The van der Waals surface area contributed by atoms with Gasteiger partial charge in [0.25, 0.3) is 0 Å². The molecule has 0 atom stereocenters. The molecular formula is C12H19N3O2. The van der Waals surface area contributed by atoms with Crippen LogP contribution in [0.2, 0.25) is 0 Å². The van der Waals surface area contributed by atoms with Crippen molar-refractivity contribution in [3.63, 3.8) is 0 Å². The van der Waals surface area contributed by atoms with Crippen molar-refractivity contribution in [3.8, 4) is 0 Å². The number of carboxylic acids is 1. The molecule has 1 aliphatic rings. The summed E-state index contributed by atoms with van der Waals surface area (Å²) in [6.45, 7) is 1.68. The Bertz CT molecular complexity index is 410. The Hall–Kier alpha value is -1.36. The molecule has 5 heteroatoms. The van der Waals surface area contributed by atoms with Crippen LogP contribution in [0.3, 0.4) is 0 Å². The van der Waals surface area contributed by atoms with Crippen LogP contribution >= 0.6 is 0 Å². The van der Waals surface area contributed by atoms with Gasteiger partial charge in [-0.2, -0.15) is 5.10 Å².